The Balaban J connectivity index is 1.99. The minimum atomic E-state index is -2.56. The van der Waals surface area contributed by atoms with Crippen LogP contribution in [0.1, 0.15) is 16.7 Å². The van der Waals surface area contributed by atoms with Crippen molar-refractivity contribution in [2.24, 2.45) is 0 Å². The SMILES string of the molecule is Cc1ccc(S[Se](c2ccccc2)(c2ccc(C)cc2)c2ccc(C)cc2)cc1. The Morgan fingerprint density at radius 2 is 0.828 bits per heavy atom. The van der Waals surface area contributed by atoms with Crippen molar-refractivity contribution in [3.63, 3.8) is 0 Å². The van der Waals surface area contributed by atoms with Gasteiger partial charge in [-0.25, -0.2) is 0 Å². The van der Waals surface area contributed by atoms with Gasteiger partial charge in [0, 0.05) is 0 Å². The quantitative estimate of drug-likeness (QED) is 0.360. The summed E-state index contributed by atoms with van der Waals surface area (Å²) in [5.41, 5.74) is 3.91. The van der Waals surface area contributed by atoms with Crippen molar-refractivity contribution in [2.45, 2.75) is 25.7 Å². The Bertz CT molecular complexity index is 1020. The molecule has 0 saturated heterocycles. The molecule has 2 heteroatoms. The molecule has 0 heterocycles. The van der Waals surface area contributed by atoms with Crippen molar-refractivity contribution in [1.82, 2.24) is 0 Å². The molecule has 29 heavy (non-hydrogen) atoms. The molecule has 0 bridgehead atoms. The summed E-state index contributed by atoms with van der Waals surface area (Å²) in [7, 11) is 2.07. The normalized spacial score (nSPS) is 12.0. The van der Waals surface area contributed by atoms with Crippen molar-refractivity contribution in [1.29, 1.82) is 0 Å². The first-order valence-corrected chi connectivity index (χ1v) is 15.3. The third-order valence-corrected chi connectivity index (χ3v) is 17.4. The molecule has 0 unspecified atom stereocenters. The van der Waals surface area contributed by atoms with Crippen LogP contribution in [-0.4, -0.2) is 11.7 Å². The van der Waals surface area contributed by atoms with Crippen LogP contribution in [0.5, 0.6) is 0 Å². The van der Waals surface area contributed by atoms with Gasteiger partial charge in [0.15, 0.2) is 0 Å². The molecule has 0 spiro atoms. The van der Waals surface area contributed by atoms with Crippen LogP contribution in [-0.2, 0) is 0 Å². The van der Waals surface area contributed by atoms with Gasteiger partial charge in [-0.3, -0.25) is 0 Å². The van der Waals surface area contributed by atoms with E-state index in [0.717, 1.165) is 0 Å². The van der Waals surface area contributed by atoms with Gasteiger partial charge in [0.2, 0.25) is 0 Å². The van der Waals surface area contributed by atoms with E-state index >= 15 is 0 Å². The summed E-state index contributed by atoms with van der Waals surface area (Å²) in [5, 5.41) is 0. The second-order valence-electron chi connectivity index (χ2n) is 7.39. The van der Waals surface area contributed by atoms with Gasteiger partial charge in [0.05, 0.1) is 0 Å². The molecular formula is C27H26SSe. The molecular weight excluding hydrogens is 435 g/mol. The molecule has 0 amide bonds. The zero-order chi connectivity index (χ0) is 20.3. The van der Waals surface area contributed by atoms with E-state index in [4.69, 9.17) is 0 Å². The summed E-state index contributed by atoms with van der Waals surface area (Å²) in [5.74, 6) is 0. The van der Waals surface area contributed by atoms with Crippen molar-refractivity contribution in [3.05, 3.63) is 120 Å². The Morgan fingerprint density at radius 1 is 0.448 bits per heavy atom. The molecule has 0 aliphatic carbocycles. The maximum atomic E-state index is 2.35. The van der Waals surface area contributed by atoms with Gasteiger partial charge in [-0.1, -0.05) is 0 Å². The molecule has 0 fully saturated rings. The van der Waals surface area contributed by atoms with Crippen molar-refractivity contribution in [3.8, 4) is 0 Å². The van der Waals surface area contributed by atoms with E-state index in [1.165, 1.54) is 35.0 Å². The van der Waals surface area contributed by atoms with Crippen LogP contribution in [0.25, 0.3) is 0 Å². The van der Waals surface area contributed by atoms with Crippen molar-refractivity contribution >= 4 is 35.3 Å². The van der Waals surface area contributed by atoms with Crippen LogP contribution in [0.3, 0.4) is 0 Å². The van der Waals surface area contributed by atoms with E-state index in [-0.39, 0.29) is 0 Å². The van der Waals surface area contributed by atoms with Gasteiger partial charge in [-0.2, -0.15) is 0 Å². The molecule has 0 atom stereocenters. The number of hydrogen-bond acceptors (Lipinski definition) is 1. The number of benzene rings is 4. The monoisotopic (exact) mass is 462 g/mol. The fourth-order valence-electron chi connectivity index (χ4n) is 3.36. The van der Waals surface area contributed by atoms with E-state index in [1.54, 1.807) is 0 Å². The molecule has 0 saturated carbocycles. The Hall–Kier alpha value is -2.25. The topological polar surface area (TPSA) is 0 Å². The zero-order valence-electron chi connectivity index (χ0n) is 17.1. The first-order valence-electron chi connectivity index (χ1n) is 9.86. The van der Waals surface area contributed by atoms with E-state index in [9.17, 15) is 0 Å². The number of aryl methyl sites for hydroxylation is 3. The summed E-state index contributed by atoms with van der Waals surface area (Å²) >= 11 is -2.56. The zero-order valence-corrected chi connectivity index (χ0v) is 19.7. The Morgan fingerprint density at radius 3 is 1.28 bits per heavy atom. The molecule has 4 aromatic rings. The number of rotatable bonds is 5. The van der Waals surface area contributed by atoms with E-state index in [1.807, 2.05) is 0 Å². The van der Waals surface area contributed by atoms with Gasteiger partial charge >= 0.3 is 181 Å². The van der Waals surface area contributed by atoms with E-state index < -0.39 is 11.7 Å². The van der Waals surface area contributed by atoms with Crippen LogP contribution < -0.4 is 13.4 Å². The standard InChI is InChI=1S/C27H26SSe/c1-21-9-15-24(16-10-21)28-29(25-7-5-4-6-8-25,26-17-11-22(2)12-18-26)27-19-13-23(3)14-20-27/h4-20H,1-3H3. The van der Waals surface area contributed by atoms with Crippen LogP contribution >= 0.6 is 10.2 Å². The molecule has 0 nitrogen and oxygen atoms in total. The molecule has 0 N–H and O–H groups in total. The maximum absolute atomic E-state index is 2.56. The fraction of sp³-hybridized carbons (Fsp3) is 0.111. The third kappa shape index (κ3) is 4.21. The van der Waals surface area contributed by atoms with Crippen LogP contribution in [0.2, 0.25) is 0 Å². The molecule has 0 aliphatic rings. The number of hydrogen-bond donors (Lipinski definition) is 0. The van der Waals surface area contributed by atoms with Crippen LogP contribution in [0.15, 0.2) is 108 Å². The van der Waals surface area contributed by atoms with Gasteiger partial charge < -0.3 is 0 Å². The summed E-state index contributed by atoms with van der Waals surface area (Å²) in [6.07, 6.45) is 0. The summed E-state index contributed by atoms with van der Waals surface area (Å²) < 4.78 is 4.35. The second-order valence-corrected chi connectivity index (χ2v) is 17.0. The Labute approximate surface area is 180 Å². The molecule has 0 aromatic heterocycles. The predicted molar refractivity (Wildman–Crippen MR) is 130 cm³/mol. The Kier molecular flexibility index (Phi) is 5.96. The average Bonchev–Trinajstić information content (AvgIpc) is 2.75. The van der Waals surface area contributed by atoms with Gasteiger partial charge in [-0.05, 0) is 0 Å². The predicted octanol–water partition coefficient (Wildman–Crippen LogP) is 5.37. The molecule has 146 valence electrons. The van der Waals surface area contributed by atoms with Gasteiger partial charge in [-0.15, -0.1) is 0 Å². The molecule has 4 rings (SSSR count). The molecule has 0 aliphatic heterocycles. The van der Waals surface area contributed by atoms with Gasteiger partial charge in [0.1, 0.15) is 0 Å². The second kappa shape index (κ2) is 8.63. The molecule has 0 radical (unpaired) electrons. The fourth-order valence-corrected chi connectivity index (χ4v) is 15.3. The first-order chi connectivity index (χ1) is 14.1. The van der Waals surface area contributed by atoms with Crippen molar-refractivity contribution < 1.29 is 0 Å². The minimum absolute atomic E-state index is 1.30. The summed E-state index contributed by atoms with van der Waals surface area (Å²) in [6.45, 7) is 6.48. The van der Waals surface area contributed by atoms with E-state index in [2.05, 4.69) is 134 Å². The first kappa shape index (κ1) is 20.0. The van der Waals surface area contributed by atoms with E-state index in [0.29, 0.717) is 0 Å². The van der Waals surface area contributed by atoms with Crippen LogP contribution in [0.4, 0.5) is 0 Å². The van der Waals surface area contributed by atoms with Gasteiger partial charge in [0.25, 0.3) is 0 Å². The summed E-state index contributed by atoms with van der Waals surface area (Å²) in [4.78, 5) is 1.33. The molecule has 4 aromatic carbocycles. The van der Waals surface area contributed by atoms with Crippen molar-refractivity contribution in [2.75, 3.05) is 0 Å². The average molecular weight is 462 g/mol. The third-order valence-electron chi connectivity index (χ3n) is 5.02. The summed E-state index contributed by atoms with van der Waals surface area (Å²) in [6, 6.07) is 38.5. The van der Waals surface area contributed by atoms with Crippen LogP contribution in [0, 0.1) is 20.8 Å².